The second-order valence-corrected chi connectivity index (χ2v) is 9.70. The van der Waals surface area contributed by atoms with Gasteiger partial charge in [-0.25, -0.2) is 14.6 Å². The summed E-state index contributed by atoms with van der Waals surface area (Å²) >= 11 is 1.38. The van der Waals surface area contributed by atoms with Crippen LogP contribution in [0.15, 0.2) is 66.9 Å². The fraction of sp³-hybridized carbons (Fsp3) is 0.231. The third kappa shape index (κ3) is 4.23. The first-order valence-corrected chi connectivity index (χ1v) is 12.2. The van der Waals surface area contributed by atoms with Gasteiger partial charge < -0.3 is 14.7 Å². The lowest BCUT2D eigenvalue weighted by Crippen LogP contribution is -2.45. The number of rotatable bonds is 5. The number of hydrogen-bond acceptors (Lipinski definition) is 6. The van der Waals surface area contributed by atoms with Crippen LogP contribution in [0.3, 0.4) is 0 Å². The van der Waals surface area contributed by atoms with Crippen molar-refractivity contribution in [2.45, 2.75) is 24.3 Å². The van der Waals surface area contributed by atoms with E-state index in [-0.39, 0.29) is 29.3 Å². The molecule has 2 unspecified atom stereocenters. The number of ether oxygens (including phenoxy) is 1. The van der Waals surface area contributed by atoms with Crippen LogP contribution in [0.25, 0.3) is 11.1 Å². The van der Waals surface area contributed by atoms with Crippen molar-refractivity contribution in [3.8, 4) is 11.1 Å². The number of hydrogen-bond donors (Lipinski definition) is 2. The van der Waals surface area contributed by atoms with Gasteiger partial charge in [0.25, 0.3) is 5.91 Å². The summed E-state index contributed by atoms with van der Waals surface area (Å²) in [4.78, 5) is 43.0. The van der Waals surface area contributed by atoms with Crippen LogP contribution in [-0.2, 0) is 9.53 Å². The highest BCUT2D eigenvalue weighted by Gasteiger charge is 2.41. The minimum Gasteiger partial charge on any atom is -0.480 e. The van der Waals surface area contributed by atoms with E-state index < -0.39 is 24.0 Å². The zero-order valence-corrected chi connectivity index (χ0v) is 19.7. The molecule has 1 aliphatic heterocycles. The zero-order chi connectivity index (χ0) is 24.5. The topological polar surface area (TPSA) is 109 Å². The third-order valence-corrected chi connectivity index (χ3v) is 7.55. The highest BCUT2D eigenvalue weighted by atomic mass is 32.2. The first kappa shape index (κ1) is 22.9. The predicted octanol–water partition coefficient (Wildman–Crippen LogP) is 4.43. The van der Waals surface area contributed by atoms with Crippen LogP contribution in [0.2, 0.25) is 0 Å². The van der Waals surface area contributed by atoms with Crippen LogP contribution in [0.4, 0.5) is 10.5 Å². The molecule has 2 aromatic carbocycles. The lowest BCUT2D eigenvalue weighted by atomic mass is 9.98. The van der Waals surface area contributed by atoms with Crippen molar-refractivity contribution in [1.82, 2.24) is 9.88 Å². The van der Waals surface area contributed by atoms with E-state index in [1.54, 1.807) is 19.1 Å². The predicted molar refractivity (Wildman–Crippen MR) is 132 cm³/mol. The lowest BCUT2D eigenvalue weighted by Gasteiger charge is -2.25. The quantitative estimate of drug-likeness (QED) is 0.546. The first-order chi connectivity index (χ1) is 17.0. The summed E-state index contributed by atoms with van der Waals surface area (Å²) in [5.74, 6) is -1.42. The molecule has 2 aliphatic rings. The zero-order valence-electron chi connectivity index (χ0n) is 18.9. The molecule has 1 fully saturated rings. The van der Waals surface area contributed by atoms with E-state index in [0.29, 0.717) is 5.75 Å². The summed E-state index contributed by atoms with van der Waals surface area (Å²) in [5.41, 5.74) is 4.59. The Morgan fingerprint density at radius 2 is 1.71 bits per heavy atom. The molecule has 2 atom stereocenters. The number of carbonyl (C=O) groups is 3. The second kappa shape index (κ2) is 9.42. The first-order valence-electron chi connectivity index (χ1n) is 11.2. The fourth-order valence-corrected chi connectivity index (χ4v) is 5.85. The van der Waals surface area contributed by atoms with Gasteiger partial charge in [-0.1, -0.05) is 48.5 Å². The van der Waals surface area contributed by atoms with E-state index in [2.05, 4.69) is 22.4 Å². The monoisotopic (exact) mass is 489 g/mol. The van der Waals surface area contributed by atoms with E-state index >= 15 is 0 Å². The number of anilines is 1. The maximum absolute atomic E-state index is 13.2. The van der Waals surface area contributed by atoms with Gasteiger partial charge in [0.2, 0.25) is 0 Å². The van der Waals surface area contributed by atoms with Crippen LogP contribution >= 0.6 is 11.8 Å². The molecular formula is C26H23N3O5S. The second-order valence-electron chi connectivity index (χ2n) is 8.35. The molecule has 0 spiro atoms. The number of nitrogens with one attached hydrogen (secondary N) is 1. The van der Waals surface area contributed by atoms with Crippen molar-refractivity contribution in [3.05, 3.63) is 83.7 Å². The number of benzene rings is 2. The van der Waals surface area contributed by atoms with E-state index in [1.807, 2.05) is 36.4 Å². The number of pyridine rings is 1. The van der Waals surface area contributed by atoms with Crippen molar-refractivity contribution in [1.29, 1.82) is 0 Å². The van der Waals surface area contributed by atoms with Crippen LogP contribution in [0.1, 0.15) is 34.5 Å². The summed E-state index contributed by atoms with van der Waals surface area (Å²) < 4.78 is 5.58. The summed E-state index contributed by atoms with van der Waals surface area (Å²) in [6.07, 6.45) is 0.715. The minimum atomic E-state index is -1.07. The number of carbonyl (C=O) groups excluding carboxylic acids is 2. The number of carboxylic acids is 1. The Bertz CT molecular complexity index is 1270. The van der Waals surface area contributed by atoms with E-state index in [9.17, 15) is 19.5 Å². The summed E-state index contributed by atoms with van der Waals surface area (Å²) in [5, 5.41) is 11.8. The Hall–Kier alpha value is -3.85. The SMILES string of the molecule is CC1SCC(C(=O)O)N1C(=O)c1ncccc1NC(=O)OCC1c2ccccc2-c2ccccc21. The average molecular weight is 490 g/mol. The number of carboxylic acid groups (broad SMARTS) is 1. The Morgan fingerprint density at radius 3 is 2.37 bits per heavy atom. The molecule has 3 aromatic rings. The molecule has 8 nitrogen and oxygen atoms in total. The minimum absolute atomic E-state index is 0.0263. The van der Waals surface area contributed by atoms with Crippen molar-refractivity contribution in [3.63, 3.8) is 0 Å². The molecule has 178 valence electrons. The number of fused-ring (bicyclic) bond motifs is 3. The molecule has 0 saturated carbocycles. The molecule has 2 N–H and O–H groups in total. The van der Waals surface area contributed by atoms with Gasteiger partial charge in [-0.3, -0.25) is 10.1 Å². The smallest absolute Gasteiger partial charge is 0.411 e. The summed E-state index contributed by atoms with van der Waals surface area (Å²) in [6.45, 7) is 1.90. The molecule has 5 rings (SSSR count). The highest BCUT2D eigenvalue weighted by Crippen LogP contribution is 2.44. The van der Waals surface area contributed by atoms with Gasteiger partial charge in [-0.2, -0.15) is 0 Å². The maximum atomic E-state index is 13.2. The molecule has 35 heavy (non-hydrogen) atoms. The molecule has 1 aromatic heterocycles. The Labute approximate surface area is 206 Å². The van der Waals surface area contributed by atoms with Gasteiger partial charge >= 0.3 is 12.1 Å². The van der Waals surface area contributed by atoms with Gasteiger partial charge in [0, 0.05) is 17.9 Å². The lowest BCUT2D eigenvalue weighted by molar-refractivity contribution is -0.141. The average Bonchev–Trinajstić information content (AvgIpc) is 3.41. The van der Waals surface area contributed by atoms with E-state index in [1.165, 1.54) is 22.9 Å². The van der Waals surface area contributed by atoms with E-state index in [0.717, 1.165) is 22.3 Å². The van der Waals surface area contributed by atoms with Gasteiger partial charge in [-0.05, 0) is 41.3 Å². The van der Waals surface area contributed by atoms with Crippen LogP contribution in [-0.4, -0.2) is 56.7 Å². The molecule has 9 heteroatoms. The number of aromatic nitrogens is 1. The molecule has 1 saturated heterocycles. The number of nitrogens with zero attached hydrogens (tertiary/aromatic N) is 2. The van der Waals surface area contributed by atoms with Crippen LogP contribution in [0.5, 0.6) is 0 Å². The van der Waals surface area contributed by atoms with Crippen LogP contribution < -0.4 is 5.32 Å². The van der Waals surface area contributed by atoms with Gasteiger partial charge in [0.1, 0.15) is 12.6 Å². The number of amides is 2. The third-order valence-electron chi connectivity index (χ3n) is 6.33. The standard InChI is InChI=1S/C26H23N3O5S/c1-15-29(22(14-35-15)25(31)32)24(30)23-21(11-6-12-27-23)28-26(33)34-13-20-18-9-4-2-7-16(18)17-8-3-5-10-19(17)20/h2-12,15,20,22H,13-14H2,1H3,(H,28,33)(H,31,32). The maximum Gasteiger partial charge on any atom is 0.411 e. The molecular weight excluding hydrogens is 466 g/mol. The molecule has 2 heterocycles. The largest absolute Gasteiger partial charge is 0.480 e. The number of thioether (sulfide) groups is 1. The Morgan fingerprint density at radius 1 is 1.06 bits per heavy atom. The fourth-order valence-electron chi connectivity index (χ4n) is 4.68. The molecule has 1 aliphatic carbocycles. The van der Waals surface area contributed by atoms with Crippen molar-refractivity contribution in [2.24, 2.45) is 0 Å². The van der Waals surface area contributed by atoms with Gasteiger partial charge in [-0.15, -0.1) is 11.8 Å². The highest BCUT2D eigenvalue weighted by molar-refractivity contribution is 8.00. The molecule has 0 bridgehead atoms. The van der Waals surface area contributed by atoms with E-state index in [4.69, 9.17) is 4.74 Å². The van der Waals surface area contributed by atoms with Crippen molar-refractivity contribution < 1.29 is 24.2 Å². The Kier molecular flexibility index (Phi) is 6.17. The molecule has 0 radical (unpaired) electrons. The van der Waals surface area contributed by atoms with Crippen molar-refractivity contribution in [2.75, 3.05) is 17.7 Å². The Balaban J connectivity index is 1.32. The summed E-state index contributed by atoms with van der Waals surface area (Å²) in [7, 11) is 0. The van der Waals surface area contributed by atoms with Crippen molar-refractivity contribution >= 4 is 35.4 Å². The van der Waals surface area contributed by atoms with Gasteiger partial charge in [0.05, 0.1) is 11.1 Å². The number of aliphatic carboxylic acids is 1. The van der Waals surface area contributed by atoms with Crippen LogP contribution in [0, 0.1) is 0 Å². The normalized spacial score (nSPS) is 18.6. The summed E-state index contributed by atoms with van der Waals surface area (Å²) in [6, 6.07) is 18.3. The van der Waals surface area contributed by atoms with Gasteiger partial charge in [0.15, 0.2) is 5.69 Å². The molecule has 2 amide bonds.